The van der Waals surface area contributed by atoms with Gasteiger partial charge in [0.05, 0.1) is 17.5 Å². The Morgan fingerprint density at radius 1 is 1.14 bits per heavy atom. The average molecular weight is 470 g/mol. The van der Waals surface area contributed by atoms with E-state index in [1.807, 2.05) is 25.1 Å². The lowest BCUT2D eigenvalue weighted by molar-refractivity contribution is -0.113. The fourth-order valence-corrected chi connectivity index (χ4v) is 4.19. The predicted octanol–water partition coefficient (Wildman–Crippen LogP) is 4.14. The van der Waals surface area contributed by atoms with E-state index in [0.717, 1.165) is 5.56 Å². The Hall–Kier alpha value is -4.73. The number of fused-ring (bicyclic) bond motifs is 2. The zero-order valence-corrected chi connectivity index (χ0v) is 18.5. The van der Waals surface area contributed by atoms with E-state index in [1.54, 1.807) is 41.3 Å². The van der Waals surface area contributed by atoms with Crippen molar-refractivity contribution in [2.24, 2.45) is 0 Å². The molecule has 10 heteroatoms. The van der Waals surface area contributed by atoms with E-state index < -0.39 is 6.04 Å². The Balaban J connectivity index is 1.46. The molecular weight excluding hydrogens is 451 g/mol. The number of nitrogens with zero attached hydrogens (tertiary/aromatic N) is 4. The van der Waals surface area contributed by atoms with E-state index in [-0.39, 0.29) is 18.5 Å². The zero-order valence-electron chi connectivity index (χ0n) is 18.5. The molecule has 2 aliphatic rings. The van der Waals surface area contributed by atoms with Gasteiger partial charge in [-0.1, -0.05) is 6.07 Å². The minimum Gasteiger partial charge on any atom is -0.454 e. The van der Waals surface area contributed by atoms with Gasteiger partial charge in [-0.2, -0.15) is 4.98 Å². The molecule has 174 valence electrons. The highest BCUT2D eigenvalue weighted by atomic mass is 19.1. The predicted molar refractivity (Wildman–Crippen MR) is 125 cm³/mol. The Bertz CT molecular complexity index is 1470. The van der Waals surface area contributed by atoms with Crippen molar-refractivity contribution in [1.82, 2.24) is 19.7 Å². The summed E-state index contributed by atoms with van der Waals surface area (Å²) in [7, 11) is 0. The summed E-state index contributed by atoms with van der Waals surface area (Å²) in [6.07, 6.45) is 3.21. The summed E-state index contributed by atoms with van der Waals surface area (Å²) in [6, 6.07) is 14.4. The van der Waals surface area contributed by atoms with E-state index in [0.29, 0.717) is 45.8 Å². The molecule has 1 atom stereocenters. The molecule has 1 amide bonds. The molecule has 2 aromatic heterocycles. The van der Waals surface area contributed by atoms with Gasteiger partial charge < -0.3 is 20.1 Å². The van der Waals surface area contributed by atoms with Crippen molar-refractivity contribution in [3.05, 3.63) is 89.6 Å². The van der Waals surface area contributed by atoms with Gasteiger partial charge in [-0.3, -0.25) is 9.78 Å². The average Bonchev–Trinajstić information content (AvgIpc) is 3.50. The van der Waals surface area contributed by atoms with Crippen LogP contribution in [0.4, 0.5) is 16.0 Å². The van der Waals surface area contributed by atoms with Gasteiger partial charge in [-0.05, 0) is 61.0 Å². The van der Waals surface area contributed by atoms with Crippen LogP contribution in [0.2, 0.25) is 0 Å². The maximum absolute atomic E-state index is 13.5. The highest BCUT2D eigenvalue weighted by Gasteiger charge is 2.35. The quantitative estimate of drug-likeness (QED) is 0.462. The first-order valence-corrected chi connectivity index (χ1v) is 10.9. The van der Waals surface area contributed by atoms with E-state index in [2.05, 4.69) is 20.6 Å². The molecule has 4 aromatic rings. The van der Waals surface area contributed by atoms with Crippen LogP contribution in [0.25, 0.3) is 11.4 Å². The number of hydrogen-bond acceptors (Lipinski definition) is 7. The Morgan fingerprint density at radius 3 is 2.77 bits per heavy atom. The smallest absolute Gasteiger partial charge is 0.255 e. The molecule has 2 N–H and O–H groups in total. The van der Waals surface area contributed by atoms with Crippen LogP contribution in [0.3, 0.4) is 0 Å². The molecule has 9 nitrogen and oxygen atoms in total. The van der Waals surface area contributed by atoms with Crippen LogP contribution in [-0.2, 0) is 4.79 Å². The van der Waals surface area contributed by atoms with E-state index in [1.165, 1.54) is 12.1 Å². The molecule has 2 aliphatic heterocycles. The molecule has 0 bridgehead atoms. The number of carbonyl (C=O) groups is 1. The standard InChI is InChI=1S/C25H19FN6O3/c1-14-21(24(33)29-18-3-2-10-27-12-18)22(16-6-9-19-20(11-16)35-13-34-19)32-25(28-14)30-23(31-32)15-4-7-17(26)8-5-15/h2-12,22H,13H2,1H3,(H,29,33)(H,28,30,31). The second kappa shape index (κ2) is 8.24. The van der Waals surface area contributed by atoms with Crippen LogP contribution >= 0.6 is 0 Å². The first-order chi connectivity index (χ1) is 17.1. The number of amides is 1. The number of rotatable bonds is 4. The van der Waals surface area contributed by atoms with Crippen molar-refractivity contribution in [2.75, 3.05) is 17.4 Å². The van der Waals surface area contributed by atoms with Crippen LogP contribution in [-0.4, -0.2) is 32.4 Å². The minimum atomic E-state index is -0.612. The summed E-state index contributed by atoms with van der Waals surface area (Å²) in [4.78, 5) is 22.2. The largest absolute Gasteiger partial charge is 0.454 e. The number of halogens is 1. The minimum absolute atomic E-state index is 0.136. The number of ether oxygens (including phenoxy) is 2. The molecule has 0 radical (unpaired) electrons. The summed E-state index contributed by atoms with van der Waals surface area (Å²) in [5.41, 5.74) is 3.07. The van der Waals surface area contributed by atoms with E-state index in [9.17, 15) is 9.18 Å². The van der Waals surface area contributed by atoms with E-state index in [4.69, 9.17) is 14.6 Å². The van der Waals surface area contributed by atoms with Gasteiger partial charge in [0.1, 0.15) is 11.9 Å². The summed E-state index contributed by atoms with van der Waals surface area (Å²) in [5, 5.41) is 10.8. The lowest BCUT2D eigenvalue weighted by Crippen LogP contribution is -2.31. The third-order valence-corrected chi connectivity index (χ3v) is 5.83. The topological polar surface area (TPSA) is 103 Å². The number of allylic oxidation sites excluding steroid dienone is 1. The van der Waals surface area contributed by atoms with Crippen molar-refractivity contribution in [3.8, 4) is 22.9 Å². The van der Waals surface area contributed by atoms with Gasteiger partial charge in [0.25, 0.3) is 5.91 Å². The summed E-state index contributed by atoms with van der Waals surface area (Å²) in [5.74, 6) is 1.43. The maximum Gasteiger partial charge on any atom is 0.255 e. The fraction of sp³-hybridized carbons (Fsp3) is 0.120. The molecular formula is C25H19FN6O3. The number of pyridine rings is 1. The summed E-state index contributed by atoms with van der Waals surface area (Å²) < 4.78 is 26.1. The van der Waals surface area contributed by atoms with Gasteiger partial charge in [-0.15, -0.1) is 5.10 Å². The fourth-order valence-electron chi connectivity index (χ4n) is 4.19. The molecule has 35 heavy (non-hydrogen) atoms. The molecule has 0 aliphatic carbocycles. The number of carbonyl (C=O) groups excluding carboxylic acids is 1. The number of anilines is 2. The number of benzene rings is 2. The molecule has 1 unspecified atom stereocenters. The van der Waals surface area contributed by atoms with Crippen molar-refractivity contribution >= 4 is 17.5 Å². The van der Waals surface area contributed by atoms with Crippen LogP contribution < -0.4 is 20.1 Å². The van der Waals surface area contributed by atoms with Gasteiger partial charge in [0.15, 0.2) is 17.3 Å². The lowest BCUT2D eigenvalue weighted by Gasteiger charge is -2.28. The molecule has 6 rings (SSSR count). The first-order valence-electron chi connectivity index (χ1n) is 10.9. The summed E-state index contributed by atoms with van der Waals surface area (Å²) >= 11 is 0. The second-order valence-corrected chi connectivity index (χ2v) is 8.09. The van der Waals surface area contributed by atoms with Crippen molar-refractivity contribution < 1.29 is 18.7 Å². The van der Waals surface area contributed by atoms with Crippen LogP contribution in [0.1, 0.15) is 18.5 Å². The highest BCUT2D eigenvalue weighted by Crippen LogP contribution is 2.41. The maximum atomic E-state index is 13.5. The van der Waals surface area contributed by atoms with Crippen molar-refractivity contribution in [1.29, 1.82) is 0 Å². The van der Waals surface area contributed by atoms with Crippen molar-refractivity contribution in [3.63, 3.8) is 0 Å². The van der Waals surface area contributed by atoms with Gasteiger partial charge >= 0.3 is 0 Å². The highest BCUT2D eigenvalue weighted by molar-refractivity contribution is 6.06. The summed E-state index contributed by atoms with van der Waals surface area (Å²) in [6.45, 7) is 1.95. The normalized spacial score (nSPS) is 16.0. The monoisotopic (exact) mass is 470 g/mol. The Kier molecular flexibility index (Phi) is 4.91. The molecule has 4 heterocycles. The lowest BCUT2D eigenvalue weighted by atomic mass is 9.94. The zero-order chi connectivity index (χ0) is 23.9. The Labute approximate surface area is 199 Å². The van der Waals surface area contributed by atoms with Gasteiger partial charge in [0.2, 0.25) is 12.7 Å². The number of aromatic nitrogens is 4. The van der Waals surface area contributed by atoms with Crippen molar-refractivity contribution in [2.45, 2.75) is 13.0 Å². The van der Waals surface area contributed by atoms with Crippen LogP contribution in [0, 0.1) is 5.82 Å². The van der Waals surface area contributed by atoms with Crippen LogP contribution in [0.15, 0.2) is 78.3 Å². The third kappa shape index (κ3) is 3.74. The van der Waals surface area contributed by atoms with Gasteiger partial charge in [0, 0.05) is 17.5 Å². The van der Waals surface area contributed by atoms with Gasteiger partial charge in [-0.25, -0.2) is 9.07 Å². The number of nitrogens with one attached hydrogen (secondary N) is 2. The SMILES string of the molecule is CC1=C(C(=O)Nc2cccnc2)C(c2ccc3c(c2)OCO3)n2nc(-c3ccc(F)cc3)nc2N1. The van der Waals surface area contributed by atoms with E-state index >= 15 is 0 Å². The number of hydrogen-bond donors (Lipinski definition) is 2. The Morgan fingerprint density at radius 2 is 1.97 bits per heavy atom. The van der Waals surface area contributed by atoms with Crippen LogP contribution in [0.5, 0.6) is 11.5 Å². The third-order valence-electron chi connectivity index (χ3n) is 5.83. The first kappa shape index (κ1) is 20.8. The molecule has 0 fully saturated rings. The second-order valence-electron chi connectivity index (χ2n) is 8.09. The molecule has 0 saturated carbocycles. The molecule has 0 spiro atoms. The molecule has 2 aromatic carbocycles. The molecule has 0 saturated heterocycles.